The van der Waals surface area contributed by atoms with Gasteiger partial charge in [-0.1, -0.05) is 98.7 Å². The molecule has 18 nitrogen and oxygen atoms in total. The van der Waals surface area contributed by atoms with E-state index >= 15 is 0 Å². The number of hydrogen-bond donors (Lipinski definition) is 6. The SMILES string of the molecule is CCC(=O)c1cc(-c2cccc(CN3O[C@@H](CO)[C@@H](C(C)NC)[C@H]3C(=O)C[C@H]3C[C@H]4C[C@@H]([C@@H]3C)C4(C)C)c2OC)cc(N(C)C)c1.CNC(=O)c1cc(-c2cccc(CN3O[C@@H](CO)[C@@H](C(C)NCCC(C)C)[C@H]3C(=O)N[C@H]3C[C@H]4C[C@@H]([C@@H]3C)C4(C)C)c2OC)cc(N(C)C)c1. The molecule has 8 aliphatic rings. The first-order valence-electron chi connectivity index (χ1n) is 35.6. The predicted octanol–water partition coefficient (Wildman–Crippen LogP) is 11.1. The largest absolute Gasteiger partial charge is 0.496 e. The van der Waals surface area contributed by atoms with Gasteiger partial charge in [0.2, 0.25) is 5.91 Å². The molecule has 96 heavy (non-hydrogen) atoms. The van der Waals surface area contributed by atoms with E-state index in [2.05, 4.69) is 96.6 Å². The second-order valence-electron chi connectivity index (χ2n) is 31.0. The Balaban J connectivity index is 0.000000226. The van der Waals surface area contributed by atoms with Crippen LogP contribution in [0.1, 0.15) is 153 Å². The van der Waals surface area contributed by atoms with Crippen LogP contribution in [-0.4, -0.2) is 162 Å². The number of hydroxylamine groups is 4. The monoisotopic (exact) mass is 1320 g/mol. The number of anilines is 2. The number of ketones is 2. The molecule has 6 aliphatic carbocycles. The molecule has 4 aromatic carbocycles. The van der Waals surface area contributed by atoms with Crippen LogP contribution in [0.15, 0.2) is 72.8 Å². The molecular formula is C78H116N8O10. The Morgan fingerprint density at radius 2 is 1.17 bits per heavy atom. The number of amides is 2. The molecule has 2 amide bonds. The normalized spacial score (nSPS) is 28.5. The Bertz CT molecular complexity index is 3370. The zero-order valence-electron chi connectivity index (χ0n) is 61.2. The van der Waals surface area contributed by atoms with E-state index < -0.39 is 24.3 Å². The molecule has 528 valence electrons. The maximum absolute atomic E-state index is 14.6. The standard InChI is InChI=1S/C40H61N5O5.C38H55N3O5/c1-23(2)14-15-42-25(4)35-34(22-46)50-45(36(35)39(48)43-33-20-29-19-32(24(33)3)40(29,5)6)21-26-12-11-13-31(37(26)49-10)27-16-28(38(47)41-7)18-30(17-27)44(8)9;1-10-32(43)27-14-26(16-29(17-27)40(7)8)30-13-11-12-24(37(30)45-9)20-41-36(35(23(3)39-6)34(21-42)46-41)33(44)18-25-15-28-19-31(22(25)2)38(28,4)5/h11-13,16-18,23-25,29,32-36,42,46H,14-15,19-22H2,1-10H3,(H,41,47)(H,43,48);11-14,16-17,22-23,25,28,31,34-36,39,42H,10,15,18-21H2,1-9H3/t24-,25?,29+,32-,33-,34-,35+,36-;22-,23?,25-,28+,31+,34+,35-,36-/m01/s1. The summed E-state index contributed by atoms with van der Waals surface area (Å²) in [6.07, 6.45) is 5.53. The van der Waals surface area contributed by atoms with Crippen molar-refractivity contribution in [2.24, 2.45) is 70.0 Å². The van der Waals surface area contributed by atoms with Crippen molar-refractivity contribution in [1.82, 2.24) is 31.4 Å². The van der Waals surface area contributed by atoms with Crippen molar-refractivity contribution in [3.63, 3.8) is 0 Å². The molecule has 0 aromatic heterocycles. The molecule has 6 saturated carbocycles. The van der Waals surface area contributed by atoms with Gasteiger partial charge in [-0.25, -0.2) is 0 Å². The van der Waals surface area contributed by atoms with Gasteiger partial charge >= 0.3 is 0 Å². The van der Waals surface area contributed by atoms with E-state index in [1.165, 1.54) is 12.8 Å². The molecule has 2 aliphatic heterocycles. The molecule has 2 unspecified atom stereocenters. The fourth-order valence-electron chi connectivity index (χ4n) is 17.7. The summed E-state index contributed by atoms with van der Waals surface area (Å²) in [5.74, 6) is 5.26. The molecule has 6 N–H and O–H groups in total. The lowest BCUT2D eigenvalue weighted by atomic mass is 9.43. The molecule has 0 spiro atoms. The van der Waals surface area contributed by atoms with Gasteiger partial charge < -0.3 is 50.8 Å². The van der Waals surface area contributed by atoms with Crippen LogP contribution in [0.3, 0.4) is 0 Å². The Labute approximate surface area is 573 Å². The van der Waals surface area contributed by atoms with Crippen LogP contribution in [0.5, 0.6) is 11.5 Å². The number of carbonyl (C=O) groups is 4. The van der Waals surface area contributed by atoms with E-state index in [-0.39, 0.29) is 73.1 Å². The Hall–Kier alpha value is -5.96. The predicted molar refractivity (Wildman–Crippen MR) is 382 cm³/mol. The summed E-state index contributed by atoms with van der Waals surface area (Å²) in [6.45, 7) is 25.7. The van der Waals surface area contributed by atoms with Gasteiger partial charge in [0.1, 0.15) is 35.8 Å². The number of nitrogens with one attached hydrogen (secondary N) is 4. The minimum Gasteiger partial charge on any atom is -0.496 e. The molecule has 2 heterocycles. The fourth-order valence-corrected chi connectivity index (χ4v) is 17.7. The van der Waals surface area contributed by atoms with Crippen molar-refractivity contribution in [3.8, 4) is 33.8 Å². The summed E-state index contributed by atoms with van der Waals surface area (Å²) in [5.41, 5.74) is 8.86. The summed E-state index contributed by atoms with van der Waals surface area (Å²) >= 11 is 0. The van der Waals surface area contributed by atoms with E-state index in [1.54, 1.807) is 26.3 Å². The van der Waals surface area contributed by atoms with Gasteiger partial charge in [-0.15, -0.1) is 0 Å². The second kappa shape index (κ2) is 31.1. The summed E-state index contributed by atoms with van der Waals surface area (Å²) in [6, 6.07) is 22.5. The summed E-state index contributed by atoms with van der Waals surface area (Å²) in [5, 5.41) is 37.9. The first kappa shape index (κ1) is 74.3. The second-order valence-corrected chi connectivity index (χ2v) is 31.0. The first-order chi connectivity index (χ1) is 45.6. The zero-order chi connectivity index (χ0) is 70.0. The number of aliphatic hydroxyl groups is 2. The van der Waals surface area contributed by atoms with Crippen LogP contribution in [-0.2, 0) is 32.4 Å². The quantitative estimate of drug-likeness (QED) is 0.0307. The van der Waals surface area contributed by atoms with Crippen LogP contribution < -0.4 is 40.5 Å². The van der Waals surface area contributed by atoms with Crippen molar-refractivity contribution < 1.29 is 48.5 Å². The smallest absolute Gasteiger partial charge is 0.251 e. The molecule has 16 atom stereocenters. The number of rotatable bonds is 27. The van der Waals surface area contributed by atoms with Crippen molar-refractivity contribution in [3.05, 3.63) is 95.1 Å². The van der Waals surface area contributed by atoms with Crippen LogP contribution in [0.2, 0.25) is 0 Å². The van der Waals surface area contributed by atoms with E-state index in [1.807, 2.05) is 124 Å². The average Bonchev–Trinajstić information content (AvgIpc) is 0.926. The highest BCUT2D eigenvalue weighted by Gasteiger charge is 2.59. The molecule has 8 fully saturated rings. The minimum absolute atomic E-state index is 0.0382. The third kappa shape index (κ3) is 15.1. The van der Waals surface area contributed by atoms with Crippen LogP contribution in [0, 0.1) is 70.0 Å². The highest BCUT2D eigenvalue weighted by atomic mass is 16.7. The number of hydrogen-bond acceptors (Lipinski definition) is 16. The molecule has 18 heteroatoms. The van der Waals surface area contributed by atoms with Gasteiger partial charge in [0, 0.05) is 123 Å². The van der Waals surface area contributed by atoms with Crippen LogP contribution >= 0.6 is 0 Å². The Kier molecular flexibility index (Phi) is 24.0. The maximum atomic E-state index is 14.6. The molecule has 4 aromatic rings. The lowest BCUT2D eigenvalue weighted by Gasteiger charge is -2.62. The van der Waals surface area contributed by atoms with Crippen molar-refractivity contribution in [2.75, 3.05) is 86.1 Å². The summed E-state index contributed by atoms with van der Waals surface area (Å²) in [7, 11) is 14.6. The van der Waals surface area contributed by atoms with Crippen molar-refractivity contribution in [1.29, 1.82) is 0 Å². The molecule has 0 radical (unpaired) electrons. The van der Waals surface area contributed by atoms with Gasteiger partial charge in [0.25, 0.3) is 5.91 Å². The number of ether oxygens (including phenoxy) is 2. The highest BCUT2D eigenvalue weighted by molar-refractivity contribution is 5.99. The molecule has 4 bridgehead atoms. The number of para-hydroxylation sites is 2. The van der Waals surface area contributed by atoms with Crippen molar-refractivity contribution in [2.45, 2.75) is 177 Å². The molecular weight excluding hydrogens is 1210 g/mol. The van der Waals surface area contributed by atoms with E-state index in [9.17, 15) is 29.4 Å². The number of Topliss-reactive ketones (excluding diaryl/α,β-unsaturated/α-hetero) is 2. The van der Waals surface area contributed by atoms with Crippen LogP contribution in [0.25, 0.3) is 22.3 Å². The average molecular weight is 1330 g/mol. The van der Waals surface area contributed by atoms with E-state index in [0.29, 0.717) is 100 Å². The minimum atomic E-state index is -0.627. The van der Waals surface area contributed by atoms with Crippen molar-refractivity contribution >= 4 is 34.8 Å². The van der Waals surface area contributed by atoms with Gasteiger partial charge in [0.05, 0.1) is 40.5 Å². The van der Waals surface area contributed by atoms with Gasteiger partial charge in [-0.05, 0) is 165 Å². The number of methoxy groups -OCH3 is 2. The lowest BCUT2D eigenvalue weighted by molar-refractivity contribution is -0.183. The topological polar surface area (TPSA) is 207 Å². The number of carbonyl (C=O) groups excluding carboxylic acids is 4. The number of aliphatic hydroxyl groups excluding tert-OH is 2. The number of nitrogens with zero attached hydrogens (tertiary/aromatic N) is 4. The third-order valence-corrected chi connectivity index (χ3v) is 24.0. The van der Waals surface area contributed by atoms with Gasteiger partial charge in [0.15, 0.2) is 11.6 Å². The summed E-state index contributed by atoms with van der Waals surface area (Å²) < 4.78 is 12.1. The third-order valence-electron chi connectivity index (χ3n) is 24.0. The van der Waals surface area contributed by atoms with E-state index in [0.717, 1.165) is 70.6 Å². The highest BCUT2D eigenvalue weighted by Crippen LogP contribution is 2.64. The van der Waals surface area contributed by atoms with E-state index in [4.69, 9.17) is 19.1 Å². The number of fused-ring (bicyclic) bond motifs is 4. The number of benzene rings is 4. The summed E-state index contributed by atoms with van der Waals surface area (Å²) in [4.78, 5) is 71.4. The maximum Gasteiger partial charge on any atom is 0.251 e. The Morgan fingerprint density at radius 1 is 0.667 bits per heavy atom. The fraction of sp³-hybridized carbons (Fsp3) is 0.641. The molecule has 12 rings (SSSR count). The first-order valence-corrected chi connectivity index (χ1v) is 35.6. The Morgan fingerprint density at radius 3 is 1.62 bits per heavy atom. The van der Waals surface area contributed by atoms with Crippen LogP contribution in [0.4, 0.5) is 11.4 Å². The zero-order valence-corrected chi connectivity index (χ0v) is 61.2. The molecule has 2 saturated heterocycles. The van der Waals surface area contributed by atoms with Gasteiger partial charge in [-0.3, -0.25) is 28.9 Å². The van der Waals surface area contributed by atoms with Gasteiger partial charge in [-0.2, -0.15) is 10.1 Å². The lowest BCUT2D eigenvalue weighted by Crippen LogP contribution is -2.62.